The minimum atomic E-state index is -0.603. The highest BCUT2D eigenvalue weighted by molar-refractivity contribution is 8.00. The minimum Gasteiger partial charge on any atom is -0.456 e. The molecule has 1 aromatic rings. The van der Waals surface area contributed by atoms with Crippen molar-refractivity contribution in [3.8, 4) is 0 Å². The zero-order valence-electron chi connectivity index (χ0n) is 12.3. The third kappa shape index (κ3) is 3.23. The predicted molar refractivity (Wildman–Crippen MR) is 89.3 cm³/mol. The Kier molecular flexibility index (Phi) is 5.47. The predicted octanol–water partition coefficient (Wildman–Crippen LogP) is 1.19. The molecule has 1 aromatic carbocycles. The first kappa shape index (κ1) is 18.2. The third-order valence-electron chi connectivity index (χ3n) is 3.61. The number of esters is 1. The number of amides is 1. The van der Waals surface area contributed by atoms with Crippen LogP contribution in [0.2, 0.25) is 0 Å². The van der Waals surface area contributed by atoms with Gasteiger partial charge in [-0.1, -0.05) is 0 Å². The molecule has 2 heterocycles. The summed E-state index contributed by atoms with van der Waals surface area (Å²) in [5, 5.41) is 10.4. The van der Waals surface area contributed by atoms with E-state index in [1.165, 1.54) is 40.9 Å². The highest BCUT2D eigenvalue weighted by Crippen LogP contribution is 2.36. The number of rotatable bonds is 4. The van der Waals surface area contributed by atoms with Crippen LogP contribution in [-0.4, -0.2) is 38.9 Å². The Labute approximate surface area is 147 Å². The summed E-state index contributed by atoms with van der Waals surface area (Å²) >= 11 is 1.50. The highest BCUT2D eigenvalue weighted by Gasteiger charge is 2.50. The van der Waals surface area contributed by atoms with Crippen molar-refractivity contribution in [2.45, 2.75) is 18.0 Å². The van der Waals surface area contributed by atoms with Gasteiger partial charge in [0, 0.05) is 17.9 Å². The molecule has 2 aliphatic heterocycles. The van der Waals surface area contributed by atoms with E-state index in [4.69, 9.17) is 10.5 Å². The average Bonchev–Trinajstić information content (AvgIpc) is 2.58. The molecule has 24 heavy (non-hydrogen) atoms. The molecule has 0 spiro atoms. The van der Waals surface area contributed by atoms with Crippen LogP contribution >= 0.6 is 24.2 Å². The average molecular weight is 372 g/mol. The Balaban J connectivity index is 0.00000208. The van der Waals surface area contributed by atoms with Crippen molar-refractivity contribution >= 4 is 41.7 Å². The lowest BCUT2D eigenvalue weighted by Crippen LogP contribution is -2.68. The van der Waals surface area contributed by atoms with Crippen molar-refractivity contribution < 1.29 is 19.2 Å². The number of carbonyl (C=O) groups is 2. The van der Waals surface area contributed by atoms with Crippen molar-refractivity contribution in [1.82, 2.24) is 4.90 Å². The number of ether oxygens (including phenoxy) is 1. The Morgan fingerprint density at radius 1 is 1.42 bits per heavy atom. The molecule has 3 rings (SSSR count). The van der Waals surface area contributed by atoms with E-state index in [-0.39, 0.29) is 41.7 Å². The second-order valence-electron chi connectivity index (χ2n) is 5.05. The molecule has 1 saturated heterocycles. The number of nitrogens with zero attached hydrogens (tertiary/aromatic N) is 2. The van der Waals surface area contributed by atoms with Gasteiger partial charge in [-0.3, -0.25) is 19.8 Å². The van der Waals surface area contributed by atoms with Gasteiger partial charge in [0.1, 0.15) is 23.7 Å². The molecule has 0 bridgehead atoms. The molecule has 1 unspecified atom stereocenters. The van der Waals surface area contributed by atoms with Gasteiger partial charge in [-0.2, -0.15) is 0 Å². The second kappa shape index (κ2) is 7.20. The van der Waals surface area contributed by atoms with Crippen LogP contribution in [0.15, 0.2) is 36.0 Å². The largest absolute Gasteiger partial charge is 0.456 e. The van der Waals surface area contributed by atoms with Crippen LogP contribution < -0.4 is 5.73 Å². The standard InChI is InChI=1S/C14H13N3O5S.ClH/c15-11-12(18)16-10(5-6-23-13(11)16)14(19)22-7-8-1-3-9(4-2-8)17(20)21;/h1-5,11,13H,6-7,15H2;1H/t11?,13-;/m0./s1. The number of non-ortho nitro benzene ring substituents is 1. The van der Waals surface area contributed by atoms with Gasteiger partial charge in [-0.05, 0) is 23.8 Å². The molecule has 1 amide bonds. The van der Waals surface area contributed by atoms with Crippen molar-refractivity contribution in [2.75, 3.05) is 5.75 Å². The SMILES string of the molecule is Cl.NC1C(=O)N2C(C(=O)OCc3ccc([N+](=O)[O-])cc3)=CCS[C@@H]12. The summed E-state index contributed by atoms with van der Waals surface area (Å²) in [5.41, 5.74) is 6.50. The van der Waals surface area contributed by atoms with E-state index < -0.39 is 16.9 Å². The fourth-order valence-electron chi connectivity index (χ4n) is 2.36. The van der Waals surface area contributed by atoms with Gasteiger partial charge in [0.25, 0.3) is 5.69 Å². The summed E-state index contributed by atoms with van der Waals surface area (Å²) in [6, 6.07) is 5.14. The maximum absolute atomic E-state index is 12.1. The molecule has 0 radical (unpaired) electrons. The van der Waals surface area contributed by atoms with Crippen LogP contribution in [0, 0.1) is 10.1 Å². The van der Waals surface area contributed by atoms with E-state index in [0.29, 0.717) is 11.3 Å². The second-order valence-corrected chi connectivity index (χ2v) is 6.20. The monoisotopic (exact) mass is 371 g/mol. The number of hydrogen-bond donors (Lipinski definition) is 1. The van der Waals surface area contributed by atoms with Gasteiger partial charge >= 0.3 is 5.97 Å². The fraction of sp³-hybridized carbons (Fsp3) is 0.286. The first-order valence-electron chi connectivity index (χ1n) is 6.80. The molecule has 2 atom stereocenters. The number of benzene rings is 1. The van der Waals surface area contributed by atoms with E-state index >= 15 is 0 Å². The van der Waals surface area contributed by atoms with Gasteiger partial charge in [-0.25, -0.2) is 4.79 Å². The van der Waals surface area contributed by atoms with Gasteiger partial charge in [0.15, 0.2) is 0 Å². The van der Waals surface area contributed by atoms with Crippen LogP contribution in [-0.2, 0) is 20.9 Å². The van der Waals surface area contributed by atoms with Crippen LogP contribution in [0.5, 0.6) is 0 Å². The topological polar surface area (TPSA) is 116 Å². The zero-order valence-corrected chi connectivity index (χ0v) is 13.9. The molecule has 0 saturated carbocycles. The molecular weight excluding hydrogens is 358 g/mol. The summed E-state index contributed by atoms with van der Waals surface area (Å²) in [6.45, 7) is -0.0277. The number of carbonyl (C=O) groups excluding carboxylic acids is 2. The fourth-order valence-corrected chi connectivity index (χ4v) is 3.50. The number of nitro groups is 1. The Hall–Kier alpha value is -2.10. The van der Waals surface area contributed by atoms with E-state index in [2.05, 4.69) is 0 Å². The molecule has 2 N–H and O–H groups in total. The number of hydrogen-bond acceptors (Lipinski definition) is 7. The Bertz CT molecular complexity index is 709. The van der Waals surface area contributed by atoms with Gasteiger partial charge < -0.3 is 10.5 Å². The maximum Gasteiger partial charge on any atom is 0.355 e. The Morgan fingerprint density at radius 2 is 2.08 bits per heavy atom. The van der Waals surface area contributed by atoms with Crippen molar-refractivity contribution in [1.29, 1.82) is 0 Å². The number of β-lactam (4-membered cyclic amide) rings is 1. The normalized spacial score (nSPS) is 21.8. The lowest BCUT2D eigenvalue weighted by molar-refractivity contribution is -0.384. The van der Waals surface area contributed by atoms with Crippen LogP contribution in [0.1, 0.15) is 5.56 Å². The third-order valence-corrected chi connectivity index (χ3v) is 4.82. The first-order chi connectivity index (χ1) is 11.0. The van der Waals surface area contributed by atoms with E-state index in [9.17, 15) is 19.7 Å². The number of fused-ring (bicyclic) bond motifs is 1. The quantitative estimate of drug-likeness (QED) is 0.365. The molecule has 2 aliphatic rings. The molecule has 128 valence electrons. The molecule has 1 fully saturated rings. The molecule has 10 heteroatoms. The number of thioether (sulfide) groups is 1. The smallest absolute Gasteiger partial charge is 0.355 e. The summed E-state index contributed by atoms with van der Waals surface area (Å²) in [4.78, 5) is 35.3. The number of nitro benzene ring substituents is 1. The lowest BCUT2D eigenvalue weighted by atomic mass is 10.1. The maximum atomic E-state index is 12.1. The van der Waals surface area contributed by atoms with Crippen LogP contribution in [0.25, 0.3) is 0 Å². The number of halogens is 1. The zero-order chi connectivity index (χ0) is 16.6. The molecule has 0 aliphatic carbocycles. The van der Waals surface area contributed by atoms with Crippen LogP contribution in [0.4, 0.5) is 5.69 Å². The number of nitrogens with two attached hydrogens (primary N) is 1. The van der Waals surface area contributed by atoms with Crippen molar-refractivity contribution in [3.05, 3.63) is 51.7 Å². The first-order valence-corrected chi connectivity index (χ1v) is 7.85. The van der Waals surface area contributed by atoms with E-state index in [0.717, 1.165) is 0 Å². The van der Waals surface area contributed by atoms with Gasteiger partial charge in [0.05, 0.1) is 4.92 Å². The van der Waals surface area contributed by atoms with E-state index in [1.807, 2.05) is 0 Å². The summed E-state index contributed by atoms with van der Waals surface area (Å²) in [5.74, 6) is -0.306. The molecule has 8 nitrogen and oxygen atoms in total. The summed E-state index contributed by atoms with van der Waals surface area (Å²) < 4.78 is 5.18. The lowest BCUT2D eigenvalue weighted by Gasteiger charge is -2.46. The highest BCUT2D eigenvalue weighted by atomic mass is 35.5. The minimum absolute atomic E-state index is 0. The van der Waals surface area contributed by atoms with Gasteiger partial charge in [-0.15, -0.1) is 24.2 Å². The molecule has 0 aromatic heterocycles. The molecular formula is C14H14ClN3O5S. The summed E-state index contributed by atoms with van der Waals surface area (Å²) in [7, 11) is 0. The van der Waals surface area contributed by atoms with E-state index in [1.54, 1.807) is 6.08 Å². The van der Waals surface area contributed by atoms with Crippen LogP contribution in [0.3, 0.4) is 0 Å². The van der Waals surface area contributed by atoms with Gasteiger partial charge in [0.2, 0.25) is 5.91 Å². The Morgan fingerprint density at radius 3 is 2.71 bits per heavy atom. The van der Waals surface area contributed by atoms with Crippen molar-refractivity contribution in [2.24, 2.45) is 5.73 Å². The summed E-state index contributed by atoms with van der Waals surface area (Å²) in [6.07, 6.45) is 1.64. The van der Waals surface area contributed by atoms with Crippen molar-refractivity contribution in [3.63, 3.8) is 0 Å².